The van der Waals surface area contributed by atoms with Crippen LogP contribution in [-0.4, -0.2) is 22.2 Å². The summed E-state index contributed by atoms with van der Waals surface area (Å²) >= 11 is 5.94. The molecule has 1 aliphatic rings. The molecule has 1 amide bonds. The summed E-state index contributed by atoms with van der Waals surface area (Å²) in [6, 6.07) is 7.22. The quantitative estimate of drug-likeness (QED) is 0.912. The number of carbonyl (C=O) groups excluding carboxylic acids is 1. The smallest absolute Gasteiger partial charge is 0.266 e. The summed E-state index contributed by atoms with van der Waals surface area (Å²) in [6.07, 6.45) is 1.92. The number of aromatic nitrogens is 2. The molecule has 5 nitrogen and oxygen atoms in total. The van der Waals surface area contributed by atoms with Gasteiger partial charge in [0.05, 0.1) is 0 Å². The molecule has 0 aliphatic carbocycles. The molecule has 3 rings (SSSR count). The summed E-state index contributed by atoms with van der Waals surface area (Å²) in [5.74, 6) is 1.05. The molecule has 1 aromatic carbocycles. The monoisotopic (exact) mass is 305 g/mol. The number of H-pyrrole nitrogens is 1. The Balaban J connectivity index is 1.64. The number of benzene rings is 1. The van der Waals surface area contributed by atoms with Crippen molar-refractivity contribution in [2.75, 3.05) is 5.32 Å². The van der Waals surface area contributed by atoms with Crippen LogP contribution in [0.3, 0.4) is 0 Å². The lowest BCUT2D eigenvalue weighted by Gasteiger charge is -2.09. The Bertz CT molecular complexity index is 669. The number of fused-ring (bicyclic) bond motifs is 1. The molecule has 0 saturated heterocycles. The molecular formula is C15H16ClN3O2. The van der Waals surface area contributed by atoms with Gasteiger partial charge in [0, 0.05) is 23.2 Å². The Morgan fingerprint density at radius 2 is 2.38 bits per heavy atom. The SMILES string of the molecule is CCCc1cc(NC(=O)C2Cc3cc(Cl)ccc3O2)n[nH]1. The third-order valence-corrected chi connectivity index (χ3v) is 3.63. The van der Waals surface area contributed by atoms with Gasteiger partial charge in [-0.1, -0.05) is 24.9 Å². The summed E-state index contributed by atoms with van der Waals surface area (Å²) in [5.41, 5.74) is 1.96. The Hall–Kier alpha value is -2.01. The minimum absolute atomic E-state index is 0.197. The van der Waals surface area contributed by atoms with Gasteiger partial charge in [-0.05, 0) is 30.2 Å². The van der Waals surface area contributed by atoms with E-state index in [0.29, 0.717) is 23.0 Å². The van der Waals surface area contributed by atoms with Gasteiger partial charge >= 0.3 is 0 Å². The topological polar surface area (TPSA) is 67.0 Å². The van der Waals surface area contributed by atoms with Gasteiger partial charge in [0.1, 0.15) is 5.75 Å². The van der Waals surface area contributed by atoms with Crippen LogP contribution in [0.15, 0.2) is 24.3 Å². The van der Waals surface area contributed by atoms with Crippen molar-refractivity contribution in [2.45, 2.75) is 32.3 Å². The van der Waals surface area contributed by atoms with Gasteiger partial charge in [0.25, 0.3) is 5.91 Å². The molecule has 1 aromatic heterocycles. The Morgan fingerprint density at radius 3 is 3.19 bits per heavy atom. The van der Waals surface area contributed by atoms with Crippen LogP contribution in [-0.2, 0) is 17.6 Å². The van der Waals surface area contributed by atoms with Crippen molar-refractivity contribution in [3.8, 4) is 5.75 Å². The van der Waals surface area contributed by atoms with E-state index in [9.17, 15) is 4.79 Å². The fourth-order valence-electron chi connectivity index (χ4n) is 2.39. The van der Waals surface area contributed by atoms with Crippen LogP contribution >= 0.6 is 11.6 Å². The van der Waals surface area contributed by atoms with Crippen LogP contribution in [0, 0.1) is 0 Å². The number of rotatable bonds is 4. The first kappa shape index (κ1) is 13.9. The molecule has 0 spiro atoms. The highest BCUT2D eigenvalue weighted by Gasteiger charge is 2.29. The van der Waals surface area contributed by atoms with Crippen LogP contribution in [0.5, 0.6) is 5.75 Å². The molecule has 2 aromatic rings. The fourth-order valence-corrected chi connectivity index (χ4v) is 2.59. The molecule has 0 fully saturated rings. The normalized spacial score (nSPS) is 16.4. The number of anilines is 1. The number of nitrogens with zero attached hydrogens (tertiary/aromatic N) is 1. The van der Waals surface area contributed by atoms with E-state index >= 15 is 0 Å². The van der Waals surface area contributed by atoms with Gasteiger partial charge < -0.3 is 10.1 Å². The highest BCUT2D eigenvalue weighted by Crippen LogP contribution is 2.31. The number of carbonyl (C=O) groups is 1. The van der Waals surface area contributed by atoms with Crippen LogP contribution in [0.4, 0.5) is 5.82 Å². The summed E-state index contributed by atoms with van der Waals surface area (Å²) in [4.78, 5) is 12.2. The van der Waals surface area contributed by atoms with Crippen molar-refractivity contribution in [3.63, 3.8) is 0 Å². The Labute approximate surface area is 127 Å². The van der Waals surface area contributed by atoms with Gasteiger partial charge in [-0.25, -0.2) is 0 Å². The number of aryl methyl sites for hydroxylation is 1. The molecule has 2 heterocycles. The second-order valence-electron chi connectivity index (χ2n) is 5.08. The van der Waals surface area contributed by atoms with E-state index in [2.05, 4.69) is 22.4 Å². The van der Waals surface area contributed by atoms with Crippen molar-refractivity contribution < 1.29 is 9.53 Å². The second kappa shape index (κ2) is 5.77. The highest BCUT2D eigenvalue weighted by atomic mass is 35.5. The molecule has 0 bridgehead atoms. The van der Waals surface area contributed by atoms with Crippen molar-refractivity contribution in [3.05, 3.63) is 40.5 Å². The van der Waals surface area contributed by atoms with Crippen molar-refractivity contribution in [1.29, 1.82) is 0 Å². The molecule has 2 N–H and O–H groups in total. The van der Waals surface area contributed by atoms with E-state index in [4.69, 9.17) is 16.3 Å². The fraction of sp³-hybridized carbons (Fsp3) is 0.333. The number of hydrogen-bond donors (Lipinski definition) is 2. The summed E-state index contributed by atoms with van der Waals surface area (Å²) < 4.78 is 5.64. The molecule has 6 heteroatoms. The van der Waals surface area contributed by atoms with E-state index in [0.717, 1.165) is 24.1 Å². The maximum Gasteiger partial charge on any atom is 0.266 e. The molecule has 1 unspecified atom stereocenters. The molecule has 1 aliphatic heterocycles. The lowest BCUT2D eigenvalue weighted by molar-refractivity contribution is -0.122. The first-order valence-electron chi connectivity index (χ1n) is 6.96. The lowest BCUT2D eigenvalue weighted by Crippen LogP contribution is -2.31. The van der Waals surface area contributed by atoms with Gasteiger partial charge in [0.15, 0.2) is 11.9 Å². The van der Waals surface area contributed by atoms with Crippen molar-refractivity contribution in [2.24, 2.45) is 0 Å². The van der Waals surface area contributed by atoms with E-state index in [1.807, 2.05) is 12.1 Å². The zero-order chi connectivity index (χ0) is 14.8. The van der Waals surface area contributed by atoms with Gasteiger partial charge in [-0.15, -0.1) is 0 Å². The average molecular weight is 306 g/mol. The number of hydrogen-bond acceptors (Lipinski definition) is 3. The van der Waals surface area contributed by atoms with Crippen molar-refractivity contribution in [1.82, 2.24) is 10.2 Å². The minimum atomic E-state index is -0.537. The van der Waals surface area contributed by atoms with E-state index in [1.54, 1.807) is 12.1 Å². The summed E-state index contributed by atoms with van der Waals surface area (Å²) in [5, 5.41) is 10.4. The first-order chi connectivity index (χ1) is 10.2. The standard InChI is InChI=1S/C15H16ClN3O2/c1-2-3-11-8-14(19-18-11)17-15(20)13-7-9-6-10(16)4-5-12(9)21-13/h4-6,8,13H,2-3,7H2,1H3,(H2,17,18,19,20). The average Bonchev–Trinajstić information content (AvgIpc) is 3.05. The minimum Gasteiger partial charge on any atom is -0.480 e. The number of halogens is 1. The molecule has 0 saturated carbocycles. The van der Waals surface area contributed by atoms with Crippen LogP contribution in [0.1, 0.15) is 24.6 Å². The predicted octanol–water partition coefficient (Wildman–Crippen LogP) is 2.96. The maximum atomic E-state index is 12.2. The second-order valence-corrected chi connectivity index (χ2v) is 5.52. The largest absolute Gasteiger partial charge is 0.480 e. The number of aromatic amines is 1. The molecule has 110 valence electrons. The van der Waals surface area contributed by atoms with Crippen LogP contribution in [0.25, 0.3) is 0 Å². The molecule has 21 heavy (non-hydrogen) atoms. The third kappa shape index (κ3) is 3.03. The third-order valence-electron chi connectivity index (χ3n) is 3.39. The Kier molecular flexibility index (Phi) is 3.84. The van der Waals surface area contributed by atoms with E-state index in [-0.39, 0.29) is 5.91 Å². The van der Waals surface area contributed by atoms with Crippen LogP contribution < -0.4 is 10.1 Å². The maximum absolute atomic E-state index is 12.2. The zero-order valence-corrected chi connectivity index (χ0v) is 12.4. The molecule has 0 radical (unpaired) electrons. The number of nitrogens with one attached hydrogen (secondary N) is 2. The molecular weight excluding hydrogens is 290 g/mol. The first-order valence-corrected chi connectivity index (χ1v) is 7.33. The summed E-state index contributed by atoms with van der Waals surface area (Å²) in [7, 11) is 0. The highest BCUT2D eigenvalue weighted by molar-refractivity contribution is 6.30. The van der Waals surface area contributed by atoms with Gasteiger partial charge in [-0.2, -0.15) is 5.10 Å². The predicted molar refractivity (Wildman–Crippen MR) is 80.8 cm³/mol. The van der Waals surface area contributed by atoms with Gasteiger partial charge in [-0.3, -0.25) is 9.89 Å². The van der Waals surface area contributed by atoms with E-state index in [1.165, 1.54) is 0 Å². The number of ether oxygens (including phenoxy) is 1. The number of amides is 1. The van der Waals surface area contributed by atoms with Crippen LogP contribution in [0.2, 0.25) is 5.02 Å². The lowest BCUT2D eigenvalue weighted by atomic mass is 10.1. The Morgan fingerprint density at radius 1 is 1.52 bits per heavy atom. The zero-order valence-electron chi connectivity index (χ0n) is 11.6. The summed E-state index contributed by atoms with van der Waals surface area (Å²) in [6.45, 7) is 2.09. The van der Waals surface area contributed by atoms with Gasteiger partial charge in [0.2, 0.25) is 0 Å². The molecule has 1 atom stereocenters. The van der Waals surface area contributed by atoms with Crippen molar-refractivity contribution >= 4 is 23.3 Å². The van der Waals surface area contributed by atoms with E-state index < -0.39 is 6.10 Å².